The minimum Gasteiger partial charge on any atom is -0.353 e. The SMILES string of the molecule is CC(C)(C)C1CCCCC1NC(=O)C1CCN(S(=O)(=O)c2ccccc2)CC1. The van der Waals surface area contributed by atoms with Gasteiger partial charge < -0.3 is 5.32 Å². The zero-order valence-corrected chi connectivity index (χ0v) is 18.2. The molecule has 1 aliphatic heterocycles. The normalized spacial score (nSPS) is 25.4. The summed E-state index contributed by atoms with van der Waals surface area (Å²) in [5, 5.41) is 3.32. The molecular formula is C22H34N2O3S. The lowest BCUT2D eigenvalue weighted by Crippen LogP contribution is -2.50. The van der Waals surface area contributed by atoms with Gasteiger partial charge >= 0.3 is 0 Å². The Kier molecular flexibility index (Phi) is 6.50. The van der Waals surface area contributed by atoms with Crippen LogP contribution in [0.15, 0.2) is 35.2 Å². The van der Waals surface area contributed by atoms with Gasteiger partial charge in [-0.05, 0) is 49.1 Å². The third-order valence-corrected chi connectivity index (χ3v) is 8.32. The summed E-state index contributed by atoms with van der Waals surface area (Å²) >= 11 is 0. The van der Waals surface area contributed by atoms with Crippen LogP contribution < -0.4 is 5.32 Å². The first-order chi connectivity index (χ1) is 13.2. The van der Waals surface area contributed by atoms with E-state index in [0.29, 0.717) is 36.7 Å². The molecule has 0 aromatic heterocycles. The molecule has 2 aliphatic rings. The van der Waals surface area contributed by atoms with Crippen LogP contribution >= 0.6 is 0 Å². The monoisotopic (exact) mass is 406 g/mol. The molecule has 1 saturated heterocycles. The lowest BCUT2D eigenvalue weighted by atomic mass is 9.69. The fourth-order valence-corrected chi connectivity index (χ4v) is 6.23. The highest BCUT2D eigenvalue weighted by molar-refractivity contribution is 7.89. The summed E-state index contributed by atoms with van der Waals surface area (Å²) in [4.78, 5) is 13.2. The summed E-state index contributed by atoms with van der Waals surface area (Å²) in [5.41, 5.74) is 0.186. The number of carbonyl (C=O) groups is 1. The highest BCUT2D eigenvalue weighted by Crippen LogP contribution is 2.38. The first kappa shape index (κ1) is 21.3. The number of rotatable bonds is 4. The van der Waals surface area contributed by atoms with Crippen LogP contribution in [0.2, 0.25) is 0 Å². The summed E-state index contributed by atoms with van der Waals surface area (Å²) < 4.78 is 27.0. The third kappa shape index (κ3) is 4.77. The maximum Gasteiger partial charge on any atom is 0.243 e. The van der Waals surface area contributed by atoms with E-state index in [4.69, 9.17) is 0 Å². The van der Waals surface area contributed by atoms with E-state index in [1.54, 1.807) is 24.3 Å². The van der Waals surface area contributed by atoms with Crippen LogP contribution in [-0.4, -0.2) is 37.8 Å². The van der Waals surface area contributed by atoms with Gasteiger partial charge in [-0.15, -0.1) is 0 Å². The quantitative estimate of drug-likeness (QED) is 0.827. The molecule has 2 unspecified atom stereocenters. The molecule has 6 heteroatoms. The fourth-order valence-electron chi connectivity index (χ4n) is 4.74. The number of sulfonamides is 1. The van der Waals surface area contributed by atoms with Gasteiger partial charge in [0, 0.05) is 25.0 Å². The van der Waals surface area contributed by atoms with Crippen molar-refractivity contribution in [1.29, 1.82) is 0 Å². The van der Waals surface area contributed by atoms with Crippen molar-refractivity contribution in [1.82, 2.24) is 9.62 Å². The Morgan fingerprint density at radius 1 is 1.00 bits per heavy atom. The predicted octanol–water partition coefficient (Wildman–Crippen LogP) is 3.81. The van der Waals surface area contributed by atoms with E-state index in [1.807, 2.05) is 6.07 Å². The van der Waals surface area contributed by atoms with Crippen LogP contribution in [0.1, 0.15) is 59.3 Å². The predicted molar refractivity (Wildman–Crippen MR) is 111 cm³/mol. The molecule has 1 aromatic carbocycles. The largest absolute Gasteiger partial charge is 0.353 e. The molecular weight excluding hydrogens is 372 g/mol. The average molecular weight is 407 g/mol. The number of hydrogen-bond donors (Lipinski definition) is 1. The van der Waals surface area contributed by atoms with Crippen LogP contribution in [0.25, 0.3) is 0 Å². The Labute approximate surface area is 169 Å². The smallest absolute Gasteiger partial charge is 0.243 e. The highest BCUT2D eigenvalue weighted by atomic mass is 32.2. The van der Waals surface area contributed by atoms with E-state index in [-0.39, 0.29) is 23.3 Å². The lowest BCUT2D eigenvalue weighted by Gasteiger charge is -2.41. The number of nitrogens with one attached hydrogen (secondary N) is 1. The van der Waals surface area contributed by atoms with Crippen molar-refractivity contribution in [3.63, 3.8) is 0 Å². The highest BCUT2D eigenvalue weighted by Gasteiger charge is 2.37. The van der Waals surface area contributed by atoms with Crippen molar-refractivity contribution in [2.45, 2.75) is 70.2 Å². The van der Waals surface area contributed by atoms with Crippen molar-refractivity contribution in [2.24, 2.45) is 17.3 Å². The molecule has 1 amide bonds. The van der Waals surface area contributed by atoms with Gasteiger partial charge in [0.1, 0.15) is 0 Å². The Morgan fingerprint density at radius 3 is 2.21 bits per heavy atom. The number of carbonyl (C=O) groups excluding carboxylic acids is 1. The molecule has 3 rings (SSSR count). The third-order valence-electron chi connectivity index (χ3n) is 6.41. The van der Waals surface area contributed by atoms with Gasteiger partial charge in [0.05, 0.1) is 4.90 Å². The lowest BCUT2D eigenvalue weighted by molar-refractivity contribution is -0.127. The van der Waals surface area contributed by atoms with E-state index in [0.717, 1.165) is 6.42 Å². The van der Waals surface area contributed by atoms with E-state index >= 15 is 0 Å². The van der Waals surface area contributed by atoms with Crippen LogP contribution in [0.3, 0.4) is 0 Å². The molecule has 28 heavy (non-hydrogen) atoms. The zero-order chi connectivity index (χ0) is 20.4. The average Bonchev–Trinajstić information content (AvgIpc) is 2.68. The topological polar surface area (TPSA) is 66.5 Å². The summed E-state index contributed by atoms with van der Waals surface area (Å²) in [6.07, 6.45) is 5.81. The van der Waals surface area contributed by atoms with Crippen LogP contribution in [-0.2, 0) is 14.8 Å². The van der Waals surface area contributed by atoms with Crippen molar-refractivity contribution in [2.75, 3.05) is 13.1 Å². The van der Waals surface area contributed by atoms with E-state index < -0.39 is 10.0 Å². The molecule has 0 bridgehead atoms. The molecule has 2 fully saturated rings. The van der Waals surface area contributed by atoms with E-state index in [9.17, 15) is 13.2 Å². The second-order valence-corrected chi connectivity index (χ2v) is 11.3. The molecule has 1 N–H and O–H groups in total. The van der Waals surface area contributed by atoms with Crippen molar-refractivity contribution in [3.8, 4) is 0 Å². The van der Waals surface area contributed by atoms with E-state index in [2.05, 4.69) is 26.1 Å². The molecule has 5 nitrogen and oxygen atoms in total. The van der Waals surface area contributed by atoms with Gasteiger partial charge in [-0.25, -0.2) is 8.42 Å². The maximum absolute atomic E-state index is 12.9. The summed E-state index contributed by atoms with van der Waals surface area (Å²) in [6, 6.07) is 8.79. The number of amides is 1. The second-order valence-electron chi connectivity index (χ2n) is 9.36. The minimum absolute atomic E-state index is 0.0928. The zero-order valence-electron chi connectivity index (χ0n) is 17.4. The number of nitrogens with zero attached hydrogens (tertiary/aromatic N) is 1. The molecule has 0 radical (unpaired) electrons. The van der Waals surface area contributed by atoms with Crippen LogP contribution in [0, 0.1) is 17.3 Å². The second kappa shape index (κ2) is 8.54. The number of benzene rings is 1. The summed E-state index contributed by atoms with van der Waals surface area (Å²) in [5.74, 6) is 0.520. The molecule has 1 heterocycles. The Bertz CT molecular complexity index is 763. The molecule has 0 spiro atoms. The van der Waals surface area contributed by atoms with Crippen LogP contribution in [0.4, 0.5) is 0 Å². The first-order valence-corrected chi connectivity index (χ1v) is 12.0. The Balaban J connectivity index is 1.58. The van der Waals surface area contributed by atoms with Crippen molar-refractivity contribution < 1.29 is 13.2 Å². The van der Waals surface area contributed by atoms with Gasteiger partial charge in [0.25, 0.3) is 0 Å². The fraction of sp³-hybridized carbons (Fsp3) is 0.682. The van der Waals surface area contributed by atoms with Gasteiger partial charge in [-0.2, -0.15) is 4.31 Å². The molecule has 2 atom stereocenters. The first-order valence-electron chi connectivity index (χ1n) is 10.5. The molecule has 1 aromatic rings. The van der Waals surface area contributed by atoms with Gasteiger partial charge in [-0.3, -0.25) is 4.79 Å². The number of piperidine rings is 1. The maximum atomic E-state index is 12.9. The summed E-state index contributed by atoms with van der Waals surface area (Å²) in [6.45, 7) is 7.59. The summed E-state index contributed by atoms with van der Waals surface area (Å²) in [7, 11) is -3.46. The Hall–Kier alpha value is -1.40. The minimum atomic E-state index is -3.46. The number of hydrogen-bond acceptors (Lipinski definition) is 3. The van der Waals surface area contributed by atoms with E-state index in [1.165, 1.54) is 23.6 Å². The van der Waals surface area contributed by atoms with Crippen molar-refractivity contribution in [3.05, 3.63) is 30.3 Å². The standard InChI is InChI=1S/C22H34N2O3S/c1-22(2,3)19-11-7-8-12-20(19)23-21(25)17-13-15-24(16-14-17)28(26,27)18-9-5-4-6-10-18/h4-6,9-10,17,19-20H,7-8,11-16H2,1-3H3,(H,23,25). The van der Waals surface area contributed by atoms with Gasteiger partial charge in [0.15, 0.2) is 0 Å². The molecule has 1 aliphatic carbocycles. The van der Waals surface area contributed by atoms with Gasteiger partial charge in [0.2, 0.25) is 15.9 Å². The van der Waals surface area contributed by atoms with Crippen LogP contribution in [0.5, 0.6) is 0 Å². The van der Waals surface area contributed by atoms with Crippen molar-refractivity contribution >= 4 is 15.9 Å². The molecule has 1 saturated carbocycles. The molecule has 156 valence electrons. The van der Waals surface area contributed by atoms with Gasteiger partial charge in [-0.1, -0.05) is 51.8 Å². The Morgan fingerprint density at radius 2 is 1.61 bits per heavy atom.